The van der Waals surface area contributed by atoms with Crippen molar-refractivity contribution >= 4 is 41.4 Å². The molecule has 0 spiro atoms. The Bertz CT molecular complexity index is 15.5. The summed E-state index contributed by atoms with van der Waals surface area (Å²) >= 11 is 0.300. The van der Waals surface area contributed by atoms with E-state index in [2.05, 4.69) is 0 Å². The van der Waals surface area contributed by atoms with Gasteiger partial charge in [0.15, 0.2) is 0 Å². The Morgan fingerprint density at radius 2 is 1.17 bits per heavy atom. The van der Waals surface area contributed by atoms with Crippen molar-refractivity contribution in [2.45, 2.75) is 0 Å². The van der Waals surface area contributed by atoms with Crippen molar-refractivity contribution < 1.29 is 53.4 Å². The maximum absolute atomic E-state index is 8.34. The molecular weight excluding hydrogens is 314 g/mol. The van der Waals surface area contributed by atoms with Gasteiger partial charge < -0.3 is 0 Å². The van der Waals surface area contributed by atoms with Crippen LogP contribution >= 0.6 is 0 Å². The van der Waals surface area contributed by atoms with Crippen molar-refractivity contribution in [3.05, 3.63) is 0 Å². The van der Waals surface area contributed by atoms with E-state index < -0.39 is 0 Å². The zero-order valence-electron chi connectivity index (χ0n) is 2.94. The average Bonchev–Trinajstić information content (AvgIpc) is 1.00. The van der Waals surface area contributed by atoms with Gasteiger partial charge in [0.2, 0.25) is 0 Å². The van der Waals surface area contributed by atoms with Gasteiger partial charge in [-0.3, -0.25) is 0 Å². The normalized spacial score (nSPS) is 0.667. The van der Waals surface area contributed by atoms with Crippen LogP contribution in [0.4, 0.5) is 0 Å². The third-order valence-corrected chi connectivity index (χ3v) is 0. The fraction of sp³-hybridized carbons (Fsp3) is 0. The van der Waals surface area contributed by atoms with Crippen LogP contribution < -0.4 is 0 Å². The van der Waals surface area contributed by atoms with E-state index in [1.165, 1.54) is 0 Å². The third kappa shape index (κ3) is 29.7. The van der Waals surface area contributed by atoms with Crippen LogP contribution in [-0.2, 0) is 53.4 Å². The molecule has 5 radical (unpaired) electrons. The fourth-order valence-electron chi connectivity index (χ4n) is 0. The van der Waals surface area contributed by atoms with Gasteiger partial charge in [0.25, 0.3) is 0 Å². The molecule has 0 aliphatic carbocycles. The predicted molar refractivity (Wildman–Crippen MR) is 12.2 cm³/mol. The van der Waals surface area contributed by atoms with Gasteiger partial charge in [-0.05, 0) is 0 Å². The molecule has 0 unspecified atom stereocenters. The van der Waals surface area contributed by atoms with E-state index >= 15 is 0 Å². The standard InChI is InChI=1S/Co.Li.Mn.Ni.O.Sn. The summed E-state index contributed by atoms with van der Waals surface area (Å²) in [7, 11) is 0. The summed E-state index contributed by atoms with van der Waals surface area (Å²) < 4.78 is 8.34. The summed E-state index contributed by atoms with van der Waals surface area (Å²) in [5, 5.41) is 0. The first-order valence-corrected chi connectivity index (χ1v) is 1.37. The van der Waals surface area contributed by atoms with Crippen LogP contribution in [-0.4, -0.2) is 41.4 Å². The van der Waals surface area contributed by atoms with E-state index in [-0.39, 0.29) is 69.2 Å². The fourth-order valence-corrected chi connectivity index (χ4v) is 0. The second-order valence-corrected chi connectivity index (χ2v) is 0. The summed E-state index contributed by atoms with van der Waals surface area (Å²) in [5.41, 5.74) is 0. The van der Waals surface area contributed by atoms with E-state index in [1.807, 2.05) is 0 Å². The Hall–Kier alpha value is 2.72. The third-order valence-electron chi connectivity index (χ3n) is 0. The Morgan fingerprint density at radius 1 is 1.17 bits per heavy atom. The minimum atomic E-state index is 0. The Kier molecular flexibility index (Phi) is 296. The summed E-state index contributed by atoms with van der Waals surface area (Å²) in [6, 6.07) is 0. The monoisotopic (exact) mass is 315 g/mol. The summed E-state index contributed by atoms with van der Waals surface area (Å²) in [5.74, 6) is 0. The molecule has 6 heavy (non-hydrogen) atoms. The molecule has 0 aromatic heterocycles. The van der Waals surface area contributed by atoms with E-state index in [1.54, 1.807) is 0 Å². The summed E-state index contributed by atoms with van der Waals surface area (Å²) in [4.78, 5) is 0. The first-order chi connectivity index (χ1) is 1.00. The second kappa shape index (κ2) is 47.2. The van der Waals surface area contributed by atoms with Gasteiger partial charge in [-0.25, -0.2) is 0 Å². The first kappa shape index (κ1) is 37.6. The van der Waals surface area contributed by atoms with Crippen molar-refractivity contribution in [2.24, 2.45) is 0 Å². The quantitative estimate of drug-likeness (QED) is 0.531. The Morgan fingerprint density at radius 3 is 1.17 bits per heavy atom. The van der Waals surface area contributed by atoms with Crippen molar-refractivity contribution in [2.75, 3.05) is 0 Å². The molecule has 0 aliphatic heterocycles. The van der Waals surface area contributed by atoms with Crippen molar-refractivity contribution in [1.29, 1.82) is 0 Å². The molecule has 37 valence electrons. The number of hydrogen-bond acceptors (Lipinski definition) is 1. The van der Waals surface area contributed by atoms with Gasteiger partial charge in [-0.1, -0.05) is 0 Å². The Labute approximate surface area is 93.4 Å². The molecule has 6 heteroatoms. The zero-order valence-corrected chi connectivity index (χ0v) is 9.00. The van der Waals surface area contributed by atoms with Crippen LogP contribution in [0.15, 0.2) is 0 Å². The van der Waals surface area contributed by atoms with Crippen molar-refractivity contribution in [3.8, 4) is 0 Å². The molecule has 0 atom stereocenters. The van der Waals surface area contributed by atoms with Crippen LogP contribution in [0.25, 0.3) is 0 Å². The summed E-state index contributed by atoms with van der Waals surface area (Å²) in [6.45, 7) is 0. The molecule has 0 amide bonds. The molecule has 1 nitrogen and oxygen atoms in total. The molecule has 0 aromatic rings. The van der Waals surface area contributed by atoms with Gasteiger partial charge in [0, 0.05) is 69.2 Å². The van der Waals surface area contributed by atoms with Crippen LogP contribution in [0.5, 0.6) is 0 Å². The van der Waals surface area contributed by atoms with Gasteiger partial charge in [-0.15, -0.1) is 0 Å². The molecule has 0 rings (SSSR count). The molecular formula is CoLiMnNiOSn. The summed E-state index contributed by atoms with van der Waals surface area (Å²) in [6.07, 6.45) is 0. The van der Waals surface area contributed by atoms with Crippen LogP contribution in [0.2, 0.25) is 0 Å². The maximum atomic E-state index is 8.34. The van der Waals surface area contributed by atoms with E-state index in [4.69, 9.17) is 3.08 Å². The van der Waals surface area contributed by atoms with Crippen molar-refractivity contribution in [3.63, 3.8) is 0 Å². The zero-order chi connectivity index (χ0) is 2.00. The average molecular weight is 314 g/mol. The second-order valence-electron chi connectivity index (χ2n) is 0. The molecule has 0 bridgehead atoms. The van der Waals surface area contributed by atoms with Crippen LogP contribution in [0.3, 0.4) is 0 Å². The minimum absolute atomic E-state index is 0. The van der Waals surface area contributed by atoms with E-state index in [0.717, 1.165) is 0 Å². The van der Waals surface area contributed by atoms with Crippen molar-refractivity contribution in [1.82, 2.24) is 0 Å². The van der Waals surface area contributed by atoms with Crippen LogP contribution in [0, 0.1) is 0 Å². The van der Waals surface area contributed by atoms with E-state index in [0.29, 0.717) is 22.5 Å². The van der Waals surface area contributed by atoms with Gasteiger partial charge in [0.1, 0.15) is 0 Å². The Balaban J connectivity index is -0.000000000833. The van der Waals surface area contributed by atoms with Gasteiger partial charge in [-0.2, -0.15) is 0 Å². The van der Waals surface area contributed by atoms with Gasteiger partial charge >= 0.3 is 25.6 Å². The molecule has 0 fully saturated rings. The molecule has 0 heterocycles. The van der Waals surface area contributed by atoms with E-state index in [9.17, 15) is 0 Å². The van der Waals surface area contributed by atoms with Gasteiger partial charge in [0.05, 0.1) is 0 Å². The SMILES string of the molecule is [Co].[Li].[Mn].[Ni].[O]=[Sn]. The number of hydrogen-bond donors (Lipinski definition) is 0. The first-order valence-electron chi connectivity index (χ1n) is 0.204. The van der Waals surface area contributed by atoms with Crippen LogP contribution in [0.1, 0.15) is 0 Å². The predicted octanol–water partition coefficient (Wildman–Crippen LogP) is -0.888. The molecule has 0 aromatic carbocycles. The molecule has 0 saturated heterocycles. The molecule has 0 aliphatic rings. The topological polar surface area (TPSA) is 17.1 Å². The molecule has 0 saturated carbocycles. The molecule has 0 N–H and O–H groups in total. The number of rotatable bonds is 0.